The highest BCUT2D eigenvalue weighted by atomic mass is 16.5. The van der Waals surface area contributed by atoms with Crippen molar-refractivity contribution in [1.82, 2.24) is 15.1 Å². The molecule has 176 valence electrons. The number of nitrogens with zero attached hydrogens (tertiary/aromatic N) is 3. The Kier molecular flexibility index (Phi) is 6.27. The Balaban J connectivity index is 1.14. The molecule has 0 bridgehead atoms. The van der Waals surface area contributed by atoms with E-state index in [2.05, 4.69) is 20.4 Å². The number of piperidine rings is 1. The van der Waals surface area contributed by atoms with Crippen molar-refractivity contribution >= 4 is 28.2 Å². The van der Waals surface area contributed by atoms with E-state index in [0.717, 1.165) is 42.5 Å². The number of hydrogen-bond acceptors (Lipinski definition) is 8. The second-order valence-corrected chi connectivity index (χ2v) is 8.60. The summed E-state index contributed by atoms with van der Waals surface area (Å²) in [5.74, 6) is 2.04. The number of carbonyl (C=O) groups excluding carboxylic acids is 2. The zero-order chi connectivity index (χ0) is 23.5. The van der Waals surface area contributed by atoms with Crippen molar-refractivity contribution in [2.75, 3.05) is 45.3 Å². The molecule has 2 aliphatic heterocycles. The van der Waals surface area contributed by atoms with Crippen molar-refractivity contribution < 1.29 is 23.8 Å². The molecule has 0 unspecified atom stereocenters. The zero-order valence-corrected chi connectivity index (χ0v) is 19.0. The van der Waals surface area contributed by atoms with Crippen LogP contribution in [0.3, 0.4) is 0 Å². The molecule has 1 aromatic heterocycles. The largest absolute Gasteiger partial charge is 0.497 e. The lowest BCUT2D eigenvalue weighted by atomic mass is 9.97. The number of hydrogen-bond donors (Lipinski definition) is 1. The van der Waals surface area contributed by atoms with Gasteiger partial charge >= 0.3 is 0 Å². The number of ketones is 1. The van der Waals surface area contributed by atoms with Gasteiger partial charge in [-0.05, 0) is 68.2 Å². The van der Waals surface area contributed by atoms with Crippen molar-refractivity contribution in [1.29, 1.82) is 0 Å². The molecule has 9 heteroatoms. The van der Waals surface area contributed by atoms with E-state index in [9.17, 15) is 9.59 Å². The van der Waals surface area contributed by atoms with Crippen molar-refractivity contribution in [2.24, 2.45) is 5.92 Å². The lowest BCUT2D eigenvalue weighted by Crippen LogP contribution is -2.38. The average molecular weight is 463 g/mol. The first kappa shape index (κ1) is 22.1. The molecule has 2 aromatic carbocycles. The molecule has 1 fully saturated rings. The summed E-state index contributed by atoms with van der Waals surface area (Å²) in [6.45, 7) is 2.53. The van der Waals surface area contributed by atoms with Crippen molar-refractivity contribution in [2.45, 2.75) is 12.8 Å². The molecule has 1 saturated heterocycles. The van der Waals surface area contributed by atoms with Crippen LogP contribution in [0.5, 0.6) is 17.4 Å². The van der Waals surface area contributed by atoms with Gasteiger partial charge in [-0.3, -0.25) is 14.5 Å². The fraction of sp³-hybridized carbons (Fsp3) is 0.360. The Bertz CT molecular complexity index is 1220. The number of nitrogens with one attached hydrogen (secondary N) is 1. The van der Waals surface area contributed by atoms with E-state index in [4.69, 9.17) is 14.2 Å². The third-order valence-corrected chi connectivity index (χ3v) is 6.30. The van der Waals surface area contributed by atoms with Gasteiger partial charge in [-0.25, -0.2) is 0 Å². The normalized spacial score (nSPS) is 16.4. The third-order valence-electron chi connectivity index (χ3n) is 6.30. The number of carbonyl (C=O) groups is 2. The molecule has 34 heavy (non-hydrogen) atoms. The maximum Gasteiger partial charge on any atom is 0.262 e. The van der Waals surface area contributed by atoms with Crippen LogP contribution in [0, 0.1) is 5.92 Å². The number of rotatable bonds is 7. The smallest absolute Gasteiger partial charge is 0.262 e. The van der Waals surface area contributed by atoms with Crippen LogP contribution < -0.4 is 19.5 Å². The van der Waals surface area contributed by atoms with E-state index in [-0.39, 0.29) is 18.3 Å². The fourth-order valence-corrected chi connectivity index (χ4v) is 4.32. The minimum Gasteiger partial charge on any atom is -0.497 e. The second-order valence-electron chi connectivity index (χ2n) is 8.60. The molecule has 0 spiro atoms. The molecule has 2 aliphatic rings. The Morgan fingerprint density at radius 3 is 2.88 bits per heavy atom. The number of ether oxygens (including phenoxy) is 3. The van der Waals surface area contributed by atoms with Crippen LogP contribution in [0.1, 0.15) is 23.2 Å². The highest BCUT2D eigenvalue weighted by Crippen LogP contribution is 2.30. The zero-order valence-electron chi connectivity index (χ0n) is 19.0. The van der Waals surface area contributed by atoms with E-state index in [0.29, 0.717) is 41.9 Å². The summed E-state index contributed by atoms with van der Waals surface area (Å²) < 4.78 is 16.7. The van der Waals surface area contributed by atoms with Crippen LogP contribution in [0.4, 0.5) is 5.69 Å². The maximum absolute atomic E-state index is 12.8. The molecule has 0 radical (unpaired) electrons. The van der Waals surface area contributed by atoms with E-state index < -0.39 is 0 Å². The molecule has 9 nitrogen and oxygen atoms in total. The summed E-state index contributed by atoms with van der Waals surface area (Å²) in [7, 11) is 1.63. The fourth-order valence-electron chi connectivity index (χ4n) is 4.32. The van der Waals surface area contributed by atoms with Gasteiger partial charge in [0.05, 0.1) is 37.5 Å². The molecule has 0 atom stereocenters. The van der Waals surface area contributed by atoms with Crippen molar-refractivity contribution in [3.8, 4) is 17.4 Å². The van der Waals surface area contributed by atoms with E-state index in [1.54, 1.807) is 31.5 Å². The number of aromatic nitrogens is 2. The average Bonchev–Trinajstić information content (AvgIpc) is 2.87. The van der Waals surface area contributed by atoms with Gasteiger partial charge in [-0.15, -0.1) is 5.10 Å². The van der Waals surface area contributed by atoms with E-state index in [1.165, 1.54) is 0 Å². The summed E-state index contributed by atoms with van der Waals surface area (Å²) in [6, 6.07) is 10.9. The second kappa shape index (κ2) is 9.64. The SMILES string of the molecule is COc1ccc2cnnc(OCC3CCN(CC(=O)c4ccc5c(c4)NC(=O)CO5)CC3)c2c1. The van der Waals surface area contributed by atoms with Gasteiger partial charge in [0.2, 0.25) is 5.88 Å². The van der Waals surface area contributed by atoms with Crippen LogP contribution in [0.25, 0.3) is 10.8 Å². The molecule has 5 rings (SSSR count). The van der Waals surface area contributed by atoms with Gasteiger partial charge in [0, 0.05) is 10.9 Å². The van der Waals surface area contributed by atoms with Crippen LogP contribution in [-0.4, -0.2) is 66.7 Å². The quantitative estimate of drug-likeness (QED) is 0.535. The summed E-state index contributed by atoms with van der Waals surface area (Å²) in [5, 5.41) is 12.8. The Labute approximate surface area is 197 Å². The van der Waals surface area contributed by atoms with Gasteiger partial charge in [0.25, 0.3) is 5.91 Å². The van der Waals surface area contributed by atoms with Gasteiger partial charge in [0.1, 0.15) is 11.5 Å². The van der Waals surface area contributed by atoms with Gasteiger partial charge in [-0.2, -0.15) is 5.10 Å². The number of likely N-dealkylation sites (tertiary alicyclic amines) is 1. The molecule has 3 heterocycles. The van der Waals surface area contributed by atoms with Gasteiger partial charge in [0.15, 0.2) is 12.4 Å². The lowest BCUT2D eigenvalue weighted by molar-refractivity contribution is -0.118. The van der Waals surface area contributed by atoms with Crippen LogP contribution >= 0.6 is 0 Å². The Morgan fingerprint density at radius 1 is 1.21 bits per heavy atom. The topological polar surface area (TPSA) is 103 Å². The predicted molar refractivity (Wildman–Crippen MR) is 126 cm³/mol. The van der Waals surface area contributed by atoms with E-state index >= 15 is 0 Å². The minimum absolute atomic E-state index is 0.000214. The predicted octanol–water partition coefficient (Wildman–Crippen LogP) is 2.94. The van der Waals surface area contributed by atoms with Crippen LogP contribution in [0.2, 0.25) is 0 Å². The van der Waals surface area contributed by atoms with E-state index in [1.807, 2.05) is 18.2 Å². The minimum atomic E-state index is -0.213. The number of benzene rings is 2. The highest BCUT2D eigenvalue weighted by molar-refractivity contribution is 6.01. The molecule has 3 aromatic rings. The number of Topliss-reactive ketones (excluding diaryl/α,β-unsaturated/α-hetero) is 1. The first-order chi connectivity index (χ1) is 16.6. The number of fused-ring (bicyclic) bond motifs is 2. The van der Waals surface area contributed by atoms with Crippen molar-refractivity contribution in [3.05, 3.63) is 48.2 Å². The Hall–Kier alpha value is -3.72. The molecule has 1 N–H and O–H groups in total. The molecular formula is C25H26N4O5. The summed E-state index contributed by atoms with van der Waals surface area (Å²) in [4.78, 5) is 26.5. The first-order valence-corrected chi connectivity index (χ1v) is 11.3. The van der Waals surface area contributed by atoms with Crippen LogP contribution in [-0.2, 0) is 4.79 Å². The monoisotopic (exact) mass is 462 g/mol. The summed E-state index contributed by atoms with van der Waals surface area (Å²) in [5.41, 5.74) is 1.12. The molecule has 0 saturated carbocycles. The third kappa shape index (κ3) is 4.79. The van der Waals surface area contributed by atoms with Gasteiger partial charge < -0.3 is 19.5 Å². The molecule has 0 aliphatic carbocycles. The highest BCUT2D eigenvalue weighted by Gasteiger charge is 2.23. The number of anilines is 1. The number of amides is 1. The van der Waals surface area contributed by atoms with Gasteiger partial charge in [-0.1, -0.05) is 0 Å². The maximum atomic E-state index is 12.8. The Morgan fingerprint density at radius 2 is 2.06 bits per heavy atom. The van der Waals surface area contributed by atoms with Crippen molar-refractivity contribution in [3.63, 3.8) is 0 Å². The van der Waals surface area contributed by atoms with Crippen LogP contribution in [0.15, 0.2) is 42.6 Å². The first-order valence-electron chi connectivity index (χ1n) is 11.3. The molecular weight excluding hydrogens is 436 g/mol. The molecule has 1 amide bonds. The lowest BCUT2D eigenvalue weighted by Gasteiger charge is -2.31. The number of methoxy groups -OCH3 is 1. The standard InChI is InChI=1S/C25H26N4O5/c1-32-19-4-2-18-12-26-28-25(20(18)11-19)34-14-16-6-8-29(9-7-16)13-22(30)17-3-5-23-21(10-17)27-24(31)15-33-23/h2-5,10-12,16H,6-9,13-15H2,1H3,(H,27,31). The summed E-state index contributed by atoms with van der Waals surface area (Å²) in [6.07, 6.45) is 3.58. The summed E-state index contributed by atoms with van der Waals surface area (Å²) >= 11 is 0.